The molecule has 0 radical (unpaired) electrons. The number of hydrogen-bond donors (Lipinski definition) is 2. The monoisotopic (exact) mass is 361 g/mol. The summed E-state index contributed by atoms with van der Waals surface area (Å²) in [5.41, 5.74) is 2.07. The van der Waals surface area contributed by atoms with E-state index >= 15 is 0 Å². The number of H-pyrrole nitrogens is 1. The van der Waals surface area contributed by atoms with Gasteiger partial charge < -0.3 is 10.1 Å². The Kier molecular flexibility index (Phi) is 3.98. The molecule has 0 aliphatic rings. The Hall–Kier alpha value is -2.14. The number of ketones is 1. The van der Waals surface area contributed by atoms with Crippen molar-refractivity contribution in [2.75, 3.05) is 0 Å². The normalized spacial score (nSPS) is 11.0. The number of Topliss-reactive ketones (excluding diaryl/α,β-unsaturated/α-hetero) is 1. The first kappa shape index (κ1) is 14.8. The summed E-state index contributed by atoms with van der Waals surface area (Å²) in [6, 6.07) is 11.3. The van der Waals surface area contributed by atoms with Crippen LogP contribution in [0.3, 0.4) is 0 Å². The molecule has 5 heteroatoms. The van der Waals surface area contributed by atoms with E-state index in [-0.39, 0.29) is 17.3 Å². The molecule has 22 heavy (non-hydrogen) atoms. The molecule has 0 aliphatic carbocycles. The molecule has 0 atom stereocenters. The largest absolute Gasteiger partial charge is 0.508 e. The lowest BCUT2D eigenvalue weighted by Crippen LogP contribution is -2.01. The molecule has 112 valence electrons. The average molecular weight is 362 g/mol. The van der Waals surface area contributed by atoms with Crippen LogP contribution >= 0.6 is 15.9 Å². The molecular formula is C17H13BrFNO2. The molecule has 0 amide bonds. The summed E-state index contributed by atoms with van der Waals surface area (Å²) in [5.74, 6) is -0.209. The number of carbonyl (C=O) groups is 1. The molecule has 0 saturated heterocycles. The summed E-state index contributed by atoms with van der Waals surface area (Å²) in [6.45, 7) is 0. The molecule has 1 aromatic heterocycles. The van der Waals surface area contributed by atoms with E-state index in [1.807, 2.05) is 6.07 Å². The molecule has 0 fully saturated rings. The van der Waals surface area contributed by atoms with E-state index in [1.54, 1.807) is 24.3 Å². The highest BCUT2D eigenvalue weighted by molar-refractivity contribution is 9.10. The van der Waals surface area contributed by atoms with E-state index in [0.717, 1.165) is 5.56 Å². The second kappa shape index (κ2) is 5.93. The molecule has 2 aromatic carbocycles. The number of aromatic nitrogens is 1. The highest BCUT2D eigenvalue weighted by Crippen LogP contribution is 2.26. The summed E-state index contributed by atoms with van der Waals surface area (Å²) in [5, 5.41) is 10.1. The number of aryl methyl sites for hydroxylation is 1. The predicted octanol–water partition coefficient (Wildman–Crippen LogP) is 4.59. The van der Waals surface area contributed by atoms with Crippen LogP contribution in [0.4, 0.5) is 4.39 Å². The fraction of sp³-hybridized carbons (Fsp3) is 0.118. The smallest absolute Gasteiger partial charge is 0.179 e. The topological polar surface area (TPSA) is 53.1 Å². The Bertz CT molecular complexity index is 857. The zero-order chi connectivity index (χ0) is 15.7. The van der Waals surface area contributed by atoms with Crippen molar-refractivity contribution >= 4 is 32.6 Å². The van der Waals surface area contributed by atoms with E-state index < -0.39 is 0 Å². The molecule has 3 aromatic rings. The molecule has 0 bridgehead atoms. The predicted molar refractivity (Wildman–Crippen MR) is 86.7 cm³/mol. The molecule has 3 rings (SSSR count). The third-order valence-electron chi connectivity index (χ3n) is 3.50. The van der Waals surface area contributed by atoms with Gasteiger partial charge in [0.05, 0.1) is 11.2 Å². The number of rotatable bonds is 4. The van der Waals surface area contributed by atoms with E-state index in [9.17, 15) is 14.3 Å². The van der Waals surface area contributed by atoms with E-state index in [2.05, 4.69) is 20.9 Å². The zero-order valence-electron chi connectivity index (χ0n) is 11.6. The fourth-order valence-electron chi connectivity index (χ4n) is 2.42. The van der Waals surface area contributed by atoms with Crippen LogP contribution in [-0.4, -0.2) is 15.9 Å². The summed E-state index contributed by atoms with van der Waals surface area (Å²) in [4.78, 5) is 15.3. The van der Waals surface area contributed by atoms with Crippen LogP contribution in [0.2, 0.25) is 0 Å². The minimum absolute atomic E-state index is 0.0492. The van der Waals surface area contributed by atoms with Gasteiger partial charge in [0.25, 0.3) is 0 Å². The summed E-state index contributed by atoms with van der Waals surface area (Å²) in [7, 11) is 0. The van der Waals surface area contributed by atoms with Crippen LogP contribution < -0.4 is 0 Å². The number of phenolic OH excluding ortho intramolecular Hbond substituents is 1. The van der Waals surface area contributed by atoms with Crippen LogP contribution in [0.15, 0.2) is 46.9 Å². The van der Waals surface area contributed by atoms with Crippen LogP contribution in [0.1, 0.15) is 22.5 Å². The molecule has 2 N–H and O–H groups in total. The van der Waals surface area contributed by atoms with Crippen LogP contribution in [0.25, 0.3) is 10.9 Å². The Morgan fingerprint density at radius 3 is 2.82 bits per heavy atom. The number of aromatic amines is 1. The third-order valence-corrected chi connectivity index (χ3v) is 4.12. The standard InChI is InChI=1S/C17H13BrFNO2/c18-14-9-12(19)7-11-8-15(20-17(11)14)16(22)5-4-10-2-1-3-13(21)6-10/h1-3,6-9,20-21H,4-5H2. The maximum atomic E-state index is 13.4. The van der Waals surface area contributed by atoms with Crippen molar-refractivity contribution in [3.63, 3.8) is 0 Å². The van der Waals surface area contributed by atoms with Gasteiger partial charge in [-0.2, -0.15) is 0 Å². The minimum Gasteiger partial charge on any atom is -0.508 e. The van der Waals surface area contributed by atoms with Crippen LogP contribution in [-0.2, 0) is 6.42 Å². The third kappa shape index (κ3) is 3.04. The number of nitrogens with one attached hydrogen (secondary N) is 1. The molecule has 0 saturated carbocycles. The molecular weight excluding hydrogens is 349 g/mol. The second-order valence-electron chi connectivity index (χ2n) is 5.13. The Balaban J connectivity index is 1.79. The zero-order valence-corrected chi connectivity index (χ0v) is 13.2. The van der Waals surface area contributed by atoms with Gasteiger partial charge >= 0.3 is 0 Å². The van der Waals surface area contributed by atoms with Crippen molar-refractivity contribution in [2.45, 2.75) is 12.8 Å². The van der Waals surface area contributed by atoms with Crippen molar-refractivity contribution < 1.29 is 14.3 Å². The molecule has 0 unspecified atom stereocenters. The van der Waals surface area contributed by atoms with Gasteiger partial charge in [-0.05, 0) is 58.2 Å². The van der Waals surface area contributed by atoms with E-state index in [0.29, 0.717) is 33.9 Å². The van der Waals surface area contributed by atoms with Gasteiger partial charge in [-0.1, -0.05) is 12.1 Å². The summed E-state index contributed by atoms with van der Waals surface area (Å²) in [6.07, 6.45) is 0.856. The quantitative estimate of drug-likeness (QED) is 0.667. The van der Waals surface area contributed by atoms with E-state index in [4.69, 9.17) is 0 Å². The van der Waals surface area contributed by atoms with Crippen LogP contribution in [0, 0.1) is 5.82 Å². The average Bonchev–Trinajstić information content (AvgIpc) is 2.89. The molecule has 0 spiro atoms. The first-order valence-corrected chi connectivity index (χ1v) is 7.61. The number of aromatic hydroxyl groups is 1. The lowest BCUT2D eigenvalue weighted by Gasteiger charge is -2.01. The SMILES string of the molecule is O=C(CCc1cccc(O)c1)c1cc2cc(F)cc(Br)c2[nH]1. The first-order chi connectivity index (χ1) is 10.5. The fourth-order valence-corrected chi connectivity index (χ4v) is 2.97. The van der Waals surface area contributed by atoms with Gasteiger partial charge in [0.15, 0.2) is 5.78 Å². The van der Waals surface area contributed by atoms with E-state index in [1.165, 1.54) is 12.1 Å². The van der Waals surface area contributed by atoms with Crippen molar-refractivity contribution in [3.8, 4) is 5.75 Å². The Labute approximate surface area is 134 Å². The molecule has 1 heterocycles. The Morgan fingerprint density at radius 1 is 1.23 bits per heavy atom. The molecule has 3 nitrogen and oxygen atoms in total. The number of carbonyl (C=O) groups excluding carboxylic acids is 1. The van der Waals surface area contributed by atoms with Gasteiger partial charge in [-0.3, -0.25) is 4.79 Å². The number of phenols is 1. The van der Waals surface area contributed by atoms with Crippen molar-refractivity contribution in [2.24, 2.45) is 0 Å². The Morgan fingerprint density at radius 2 is 2.05 bits per heavy atom. The lowest BCUT2D eigenvalue weighted by atomic mass is 10.1. The van der Waals surface area contributed by atoms with Gasteiger partial charge in [0.1, 0.15) is 11.6 Å². The number of hydrogen-bond acceptors (Lipinski definition) is 2. The van der Waals surface area contributed by atoms with Crippen molar-refractivity contribution in [3.05, 3.63) is 64.0 Å². The highest BCUT2D eigenvalue weighted by Gasteiger charge is 2.12. The maximum absolute atomic E-state index is 13.4. The number of fused-ring (bicyclic) bond motifs is 1. The summed E-state index contributed by atoms with van der Waals surface area (Å²) >= 11 is 3.28. The molecule has 0 aliphatic heterocycles. The first-order valence-electron chi connectivity index (χ1n) is 6.82. The highest BCUT2D eigenvalue weighted by atomic mass is 79.9. The van der Waals surface area contributed by atoms with Gasteiger partial charge in [0, 0.05) is 16.3 Å². The number of halogens is 2. The van der Waals surface area contributed by atoms with Crippen molar-refractivity contribution in [1.82, 2.24) is 4.98 Å². The van der Waals surface area contributed by atoms with Crippen molar-refractivity contribution in [1.29, 1.82) is 0 Å². The lowest BCUT2D eigenvalue weighted by molar-refractivity contribution is 0.0979. The second-order valence-corrected chi connectivity index (χ2v) is 5.98. The van der Waals surface area contributed by atoms with Crippen LogP contribution in [0.5, 0.6) is 5.75 Å². The van der Waals surface area contributed by atoms with Gasteiger partial charge in [-0.25, -0.2) is 4.39 Å². The summed E-state index contributed by atoms with van der Waals surface area (Å²) < 4.78 is 14.0. The van der Waals surface area contributed by atoms with Gasteiger partial charge in [-0.15, -0.1) is 0 Å². The number of benzene rings is 2. The van der Waals surface area contributed by atoms with Gasteiger partial charge in [0.2, 0.25) is 0 Å². The minimum atomic E-state index is -0.350. The maximum Gasteiger partial charge on any atom is 0.179 e.